The van der Waals surface area contributed by atoms with E-state index in [4.69, 9.17) is 0 Å². The van der Waals surface area contributed by atoms with E-state index in [0.29, 0.717) is 15.9 Å². The smallest absolute Gasteiger partial charge is 0.272 e. The van der Waals surface area contributed by atoms with Crippen molar-refractivity contribution < 1.29 is 8.42 Å². The molecule has 23 heavy (non-hydrogen) atoms. The van der Waals surface area contributed by atoms with Crippen LogP contribution in [0.3, 0.4) is 0 Å². The average Bonchev–Trinajstić information content (AvgIpc) is 3.00. The molecule has 0 N–H and O–H groups in total. The van der Waals surface area contributed by atoms with Gasteiger partial charge in [0.15, 0.2) is 9.84 Å². The molecule has 120 valence electrons. The zero-order chi connectivity index (χ0) is 16.4. The van der Waals surface area contributed by atoms with Crippen LogP contribution in [0.5, 0.6) is 0 Å². The first-order valence-electron chi connectivity index (χ1n) is 7.12. The zero-order valence-corrected chi connectivity index (χ0v) is 14.1. The quantitative estimate of drug-likeness (QED) is 0.703. The van der Waals surface area contributed by atoms with Crippen LogP contribution >= 0.6 is 11.5 Å². The molecule has 8 heteroatoms. The van der Waals surface area contributed by atoms with Crippen molar-refractivity contribution in [3.05, 3.63) is 47.0 Å². The number of hydrogen-bond donors (Lipinski definition) is 0. The van der Waals surface area contributed by atoms with Crippen molar-refractivity contribution in [3.63, 3.8) is 0 Å². The summed E-state index contributed by atoms with van der Waals surface area (Å²) in [5.41, 5.74) is 1.88. The van der Waals surface area contributed by atoms with E-state index in [9.17, 15) is 13.2 Å². The number of fused-ring (bicyclic) bond motifs is 1. The zero-order valence-electron chi connectivity index (χ0n) is 12.5. The van der Waals surface area contributed by atoms with Gasteiger partial charge in [-0.3, -0.25) is 9.36 Å². The van der Waals surface area contributed by atoms with Gasteiger partial charge in [-0.15, -0.1) is 0 Å². The first-order chi connectivity index (χ1) is 11.0. The molecule has 2 heterocycles. The number of benzene rings is 1. The minimum absolute atomic E-state index is 0.0656. The fourth-order valence-corrected chi connectivity index (χ4v) is 3.75. The Morgan fingerprint density at radius 2 is 1.96 bits per heavy atom. The maximum absolute atomic E-state index is 12.5. The Labute approximate surface area is 137 Å². The van der Waals surface area contributed by atoms with E-state index < -0.39 is 9.84 Å². The van der Waals surface area contributed by atoms with Crippen molar-refractivity contribution in [3.8, 4) is 11.3 Å². The van der Waals surface area contributed by atoms with Gasteiger partial charge in [-0.2, -0.15) is 4.37 Å². The van der Waals surface area contributed by atoms with E-state index in [1.165, 1.54) is 10.9 Å². The topological polar surface area (TPSA) is 81.9 Å². The molecule has 3 aromatic rings. The highest BCUT2D eigenvalue weighted by Gasteiger charge is 2.15. The summed E-state index contributed by atoms with van der Waals surface area (Å²) in [4.78, 5) is 16.8. The summed E-state index contributed by atoms with van der Waals surface area (Å²) in [5.74, 6) is -0.00290. The molecule has 0 saturated heterocycles. The molecular weight excluding hydrogens is 334 g/mol. The number of rotatable bonds is 5. The second kappa shape index (κ2) is 6.21. The van der Waals surface area contributed by atoms with Crippen molar-refractivity contribution in [2.75, 3.05) is 11.5 Å². The summed E-state index contributed by atoms with van der Waals surface area (Å²) < 4.78 is 29.3. The molecule has 0 fully saturated rings. The summed E-state index contributed by atoms with van der Waals surface area (Å²) in [6, 6.07) is 9.53. The molecule has 2 aromatic heterocycles. The fourth-order valence-electron chi connectivity index (χ4n) is 2.18. The number of hydrogen-bond acceptors (Lipinski definition) is 6. The molecule has 0 bridgehead atoms. The van der Waals surface area contributed by atoms with Gasteiger partial charge in [-0.05, 0) is 11.5 Å². The van der Waals surface area contributed by atoms with Crippen LogP contribution in [-0.4, -0.2) is 33.8 Å². The SMILES string of the molecule is CCS(=O)(=O)CCn1cnc2c(-c3ccccc3)nsc2c1=O. The van der Waals surface area contributed by atoms with Gasteiger partial charge in [0.25, 0.3) is 5.56 Å². The van der Waals surface area contributed by atoms with Gasteiger partial charge < -0.3 is 0 Å². The number of sulfone groups is 1. The highest BCUT2D eigenvalue weighted by atomic mass is 32.2. The Balaban J connectivity index is 2.00. The van der Waals surface area contributed by atoms with Crippen molar-refractivity contribution in [2.24, 2.45) is 0 Å². The van der Waals surface area contributed by atoms with Gasteiger partial charge in [-0.25, -0.2) is 13.4 Å². The minimum Gasteiger partial charge on any atom is -0.297 e. The molecular formula is C15H15N3O3S2. The van der Waals surface area contributed by atoms with Crippen LogP contribution in [0.4, 0.5) is 0 Å². The summed E-state index contributed by atoms with van der Waals surface area (Å²) in [6.07, 6.45) is 1.40. The second-order valence-corrected chi connectivity index (χ2v) is 8.30. The first-order valence-corrected chi connectivity index (χ1v) is 9.72. The summed E-state index contributed by atoms with van der Waals surface area (Å²) in [6.45, 7) is 1.70. The van der Waals surface area contributed by atoms with Gasteiger partial charge in [0.2, 0.25) is 0 Å². The van der Waals surface area contributed by atoms with Crippen LogP contribution in [0.25, 0.3) is 21.5 Å². The van der Waals surface area contributed by atoms with Crippen molar-refractivity contribution >= 4 is 31.6 Å². The first kappa shape index (κ1) is 15.8. The molecule has 0 aliphatic rings. The fraction of sp³-hybridized carbons (Fsp3) is 0.267. The predicted octanol–water partition coefficient (Wildman–Crippen LogP) is 1.95. The van der Waals surface area contributed by atoms with Gasteiger partial charge in [-0.1, -0.05) is 37.3 Å². The van der Waals surface area contributed by atoms with Crippen LogP contribution in [0.2, 0.25) is 0 Å². The van der Waals surface area contributed by atoms with E-state index in [1.807, 2.05) is 30.3 Å². The molecule has 0 amide bonds. The summed E-state index contributed by atoms with van der Waals surface area (Å²) in [5, 5.41) is 0. The largest absolute Gasteiger partial charge is 0.297 e. The summed E-state index contributed by atoms with van der Waals surface area (Å²) in [7, 11) is -3.13. The minimum atomic E-state index is -3.13. The number of nitrogens with zero attached hydrogens (tertiary/aromatic N) is 3. The lowest BCUT2D eigenvalue weighted by atomic mass is 10.1. The number of aromatic nitrogens is 3. The molecule has 0 spiro atoms. The van der Waals surface area contributed by atoms with Crippen LogP contribution in [-0.2, 0) is 16.4 Å². The Morgan fingerprint density at radius 1 is 1.22 bits per heavy atom. The van der Waals surface area contributed by atoms with Crippen LogP contribution < -0.4 is 5.56 Å². The Kier molecular flexibility index (Phi) is 4.27. The Hall–Kier alpha value is -2.06. The molecule has 0 aliphatic heterocycles. The second-order valence-electron chi connectivity index (χ2n) is 5.05. The number of aryl methyl sites for hydroxylation is 1. The van der Waals surface area contributed by atoms with E-state index in [2.05, 4.69) is 9.36 Å². The average molecular weight is 349 g/mol. The van der Waals surface area contributed by atoms with Gasteiger partial charge >= 0.3 is 0 Å². The Morgan fingerprint density at radius 3 is 2.65 bits per heavy atom. The maximum atomic E-state index is 12.5. The van der Waals surface area contributed by atoms with Gasteiger partial charge in [0.05, 0.1) is 12.1 Å². The molecule has 0 saturated carbocycles. The molecule has 3 rings (SSSR count). The maximum Gasteiger partial charge on any atom is 0.272 e. The lowest BCUT2D eigenvalue weighted by Gasteiger charge is -2.05. The van der Waals surface area contributed by atoms with E-state index in [0.717, 1.165) is 17.1 Å². The highest BCUT2D eigenvalue weighted by Crippen LogP contribution is 2.26. The van der Waals surface area contributed by atoms with E-state index in [1.54, 1.807) is 6.92 Å². The monoisotopic (exact) mass is 349 g/mol. The lowest BCUT2D eigenvalue weighted by molar-refractivity contribution is 0.588. The van der Waals surface area contributed by atoms with Gasteiger partial charge in [0.1, 0.15) is 15.9 Å². The van der Waals surface area contributed by atoms with Gasteiger partial charge in [0, 0.05) is 17.9 Å². The molecule has 6 nitrogen and oxygen atoms in total. The lowest BCUT2D eigenvalue weighted by Crippen LogP contribution is -2.24. The van der Waals surface area contributed by atoms with E-state index in [-0.39, 0.29) is 23.6 Å². The Bertz CT molecular complexity index is 992. The van der Waals surface area contributed by atoms with Crippen molar-refractivity contribution in [1.29, 1.82) is 0 Å². The van der Waals surface area contributed by atoms with Crippen LogP contribution in [0.15, 0.2) is 41.5 Å². The molecule has 0 atom stereocenters. The van der Waals surface area contributed by atoms with Crippen LogP contribution in [0, 0.1) is 0 Å². The van der Waals surface area contributed by atoms with E-state index >= 15 is 0 Å². The third-order valence-electron chi connectivity index (χ3n) is 3.58. The third-order valence-corrected chi connectivity index (χ3v) is 6.09. The van der Waals surface area contributed by atoms with Crippen molar-refractivity contribution in [2.45, 2.75) is 13.5 Å². The standard InChI is InChI=1S/C15H15N3O3S2/c1-2-23(20,21)9-8-18-10-16-13-12(11-6-4-3-5-7-11)17-22-14(13)15(18)19/h3-7,10H,2,8-9H2,1H3. The predicted molar refractivity (Wildman–Crippen MR) is 91.4 cm³/mol. The third kappa shape index (κ3) is 3.18. The van der Waals surface area contributed by atoms with Crippen LogP contribution in [0.1, 0.15) is 6.92 Å². The normalized spacial score (nSPS) is 11.9. The highest BCUT2D eigenvalue weighted by molar-refractivity contribution is 7.91. The molecule has 0 unspecified atom stereocenters. The molecule has 1 aromatic carbocycles. The molecule has 0 aliphatic carbocycles. The summed E-state index contributed by atoms with van der Waals surface area (Å²) >= 11 is 1.09. The molecule has 0 radical (unpaired) electrons. The van der Waals surface area contributed by atoms with Crippen molar-refractivity contribution in [1.82, 2.24) is 13.9 Å².